The van der Waals surface area contributed by atoms with Crippen LogP contribution in [-0.2, 0) is 6.54 Å². The third-order valence-corrected chi connectivity index (χ3v) is 3.16. The smallest absolute Gasteiger partial charge is 0.243 e. The lowest BCUT2D eigenvalue weighted by Gasteiger charge is -2.21. The van der Waals surface area contributed by atoms with E-state index in [2.05, 4.69) is 15.0 Å². The summed E-state index contributed by atoms with van der Waals surface area (Å²) < 4.78 is 5.18. The molecule has 0 saturated carbocycles. The molecule has 0 N–H and O–H groups in total. The Morgan fingerprint density at radius 1 is 1.33 bits per heavy atom. The molecule has 0 radical (unpaired) electrons. The van der Waals surface area contributed by atoms with Crippen LogP contribution < -0.4 is 0 Å². The Kier molecular flexibility index (Phi) is 3.99. The minimum Gasteiger partial charge on any atom is -0.338 e. The lowest BCUT2D eigenvalue weighted by molar-refractivity contribution is 0.202. The van der Waals surface area contributed by atoms with E-state index < -0.39 is 0 Å². The monoisotopic (exact) mass is 265 g/mol. The summed E-state index contributed by atoms with van der Waals surface area (Å²) >= 11 is 5.86. The van der Waals surface area contributed by atoms with Gasteiger partial charge in [0.05, 0.1) is 6.04 Å². The van der Waals surface area contributed by atoms with Crippen LogP contribution in [0.2, 0.25) is 5.02 Å². The summed E-state index contributed by atoms with van der Waals surface area (Å²) in [5.41, 5.74) is 1.20. The highest BCUT2D eigenvalue weighted by Crippen LogP contribution is 2.19. The van der Waals surface area contributed by atoms with Crippen molar-refractivity contribution in [2.24, 2.45) is 0 Å². The zero-order valence-corrected chi connectivity index (χ0v) is 11.5. The summed E-state index contributed by atoms with van der Waals surface area (Å²) in [7, 11) is 2.03. The van der Waals surface area contributed by atoms with Crippen molar-refractivity contribution in [1.82, 2.24) is 15.0 Å². The van der Waals surface area contributed by atoms with Gasteiger partial charge in [-0.3, -0.25) is 4.90 Å². The van der Waals surface area contributed by atoms with Crippen molar-refractivity contribution >= 4 is 11.6 Å². The molecule has 0 aliphatic carbocycles. The largest absolute Gasteiger partial charge is 0.338 e. The van der Waals surface area contributed by atoms with Gasteiger partial charge in [-0.05, 0) is 38.6 Å². The van der Waals surface area contributed by atoms with Gasteiger partial charge in [-0.25, -0.2) is 0 Å². The van der Waals surface area contributed by atoms with Crippen molar-refractivity contribution in [2.75, 3.05) is 7.05 Å². The molecule has 1 atom stereocenters. The fourth-order valence-corrected chi connectivity index (χ4v) is 1.81. The molecule has 4 nitrogen and oxygen atoms in total. The maximum Gasteiger partial charge on any atom is 0.243 e. The van der Waals surface area contributed by atoms with Crippen molar-refractivity contribution in [3.63, 3.8) is 0 Å². The second-order valence-electron chi connectivity index (χ2n) is 4.40. The molecular formula is C13H16ClN3O. The zero-order valence-electron chi connectivity index (χ0n) is 10.7. The summed E-state index contributed by atoms with van der Waals surface area (Å²) in [5, 5.41) is 4.56. The third-order valence-electron chi connectivity index (χ3n) is 2.91. The number of aryl methyl sites for hydroxylation is 1. The molecule has 5 heteroatoms. The van der Waals surface area contributed by atoms with Crippen molar-refractivity contribution in [3.8, 4) is 0 Å². The Morgan fingerprint density at radius 2 is 2.00 bits per heavy atom. The molecule has 96 valence electrons. The Morgan fingerprint density at radius 3 is 2.56 bits per heavy atom. The fraction of sp³-hybridized carbons (Fsp3) is 0.385. The lowest BCUT2D eigenvalue weighted by atomic mass is 10.2. The van der Waals surface area contributed by atoms with Gasteiger partial charge in [0.2, 0.25) is 5.89 Å². The topological polar surface area (TPSA) is 42.2 Å². The Labute approximate surface area is 112 Å². The van der Waals surface area contributed by atoms with E-state index in [4.69, 9.17) is 16.1 Å². The molecule has 0 aliphatic heterocycles. The number of nitrogens with zero attached hydrogens (tertiary/aromatic N) is 3. The van der Waals surface area contributed by atoms with Crippen molar-refractivity contribution < 1.29 is 4.52 Å². The van der Waals surface area contributed by atoms with Gasteiger partial charge in [0.25, 0.3) is 0 Å². The highest BCUT2D eigenvalue weighted by molar-refractivity contribution is 6.30. The first-order chi connectivity index (χ1) is 8.56. The minimum atomic E-state index is 0.0851. The maximum absolute atomic E-state index is 5.86. The summed E-state index contributed by atoms with van der Waals surface area (Å²) in [6.45, 7) is 4.67. The molecule has 0 unspecified atom stereocenters. The van der Waals surface area contributed by atoms with E-state index in [1.807, 2.05) is 45.2 Å². The highest BCUT2D eigenvalue weighted by atomic mass is 35.5. The average Bonchev–Trinajstić information content (AvgIpc) is 2.78. The van der Waals surface area contributed by atoms with Gasteiger partial charge in [0.15, 0.2) is 5.82 Å². The predicted octanol–water partition coefficient (Wildman–Crippen LogP) is 3.22. The molecule has 1 aromatic heterocycles. The second-order valence-corrected chi connectivity index (χ2v) is 4.83. The van der Waals surface area contributed by atoms with Gasteiger partial charge in [-0.15, -0.1) is 0 Å². The van der Waals surface area contributed by atoms with E-state index in [9.17, 15) is 0 Å². The maximum atomic E-state index is 5.86. The Bertz CT molecular complexity index is 509. The predicted molar refractivity (Wildman–Crippen MR) is 70.4 cm³/mol. The van der Waals surface area contributed by atoms with Gasteiger partial charge < -0.3 is 4.52 Å². The molecule has 2 rings (SSSR count). The third kappa shape index (κ3) is 3.09. The first-order valence-electron chi connectivity index (χ1n) is 5.81. The molecule has 0 fully saturated rings. The van der Waals surface area contributed by atoms with Gasteiger partial charge >= 0.3 is 0 Å². The standard InChI is InChI=1S/C13H16ClN3O/c1-9(13-15-10(2)16-18-13)17(3)8-11-4-6-12(14)7-5-11/h4-7,9H,8H2,1-3H3/t9-/m1/s1. The van der Waals surface area contributed by atoms with Crippen LogP contribution in [0, 0.1) is 6.92 Å². The molecule has 2 aromatic rings. The summed E-state index contributed by atoms with van der Waals surface area (Å²) in [6.07, 6.45) is 0. The van der Waals surface area contributed by atoms with Crippen LogP contribution in [-0.4, -0.2) is 22.1 Å². The molecule has 0 amide bonds. The molecule has 0 aliphatic rings. The van der Waals surface area contributed by atoms with Crippen LogP contribution in [0.4, 0.5) is 0 Å². The molecule has 1 heterocycles. The first kappa shape index (κ1) is 13.1. The van der Waals surface area contributed by atoms with E-state index >= 15 is 0 Å². The molecule has 0 saturated heterocycles. The Balaban J connectivity index is 2.03. The summed E-state index contributed by atoms with van der Waals surface area (Å²) in [4.78, 5) is 6.40. The van der Waals surface area contributed by atoms with Crippen molar-refractivity contribution in [2.45, 2.75) is 26.4 Å². The zero-order chi connectivity index (χ0) is 13.1. The van der Waals surface area contributed by atoms with Crippen LogP contribution in [0.5, 0.6) is 0 Å². The van der Waals surface area contributed by atoms with E-state index in [0.717, 1.165) is 11.6 Å². The quantitative estimate of drug-likeness (QED) is 0.851. The first-order valence-corrected chi connectivity index (χ1v) is 6.19. The van der Waals surface area contributed by atoms with Crippen LogP contribution >= 0.6 is 11.6 Å². The van der Waals surface area contributed by atoms with Crippen LogP contribution in [0.15, 0.2) is 28.8 Å². The van der Waals surface area contributed by atoms with Crippen LogP contribution in [0.1, 0.15) is 30.2 Å². The van der Waals surface area contributed by atoms with Gasteiger partial charge in [0, 0.05) is 11.6 Å². The van der Waals surface area contributed by atoms with Crippen LogP contribution in [0.25, 0.3) is 0 Å². The molecule has 1 aromatic carbocycles. The second kappa shape index (κ2) is 5.50. The molecule has 18 heavy (non-hydrogen) atoms. The SMILES string of the molecule is Cc1noc([C@@H](C)N(C)Cc2ccc(Cl)cc2)n1. The van der Waals surface area contributed by atoms with E-state index in [1.165, 1.54) is 5.56 Å². The van der Waals surface area contributed by atoms with Gasteiger partial charge in [-0.1, -0.05) is 28.9 Å². The van der Waals surface area contributed by atoms with Gasteiger partial charge in [0.1, 0.15) is 0 Å². The minimum absolute atomic E-state index is 0.0851. The lowest BCUT2D eigenvalue weighted by Crippen LogP contribution is -2.22. The number of halogens is 1. The van der Waals surface area contributed by atoms with E-state index in [1.54, 1.807) is 0 Å². The number of aromatic nitrogens is 2. The highest BCUT2D eigenvalue weighted by Gasteiger charge is 2.17. The number of benzene rings is 1. The molecule has 0 spiro atoms. The number of hydrogen-bond acceptors (Lipinski definition) is 4. The normalized spacial score (nSPS) is 12.9. The number of rotatable bonds is 4. The summed E-state index contributed by atoms with van der Waals surface area (Å²) in [5.74, 6) is 1.31. The molecular weight excluding hydrogens is 250 g/mol. The van der Waals surface area contributed by atoms with Crippen LogP contribution in [0.3, 0.4) is 0 Å². The fourth-order valence-electron chi connectivity index (χ4n) is 1.69. The molecule has 0 bridgehead atoms. The Hall–Kier alpha value is -1.39. The van der Waals surface area contributed by atoms with Crippen molar-refractivity contribution in [1.29, 1.82) is 0 Å². The van der Waals surface area contributed by atoms with Crippen molar-refractivity contribution in [3.05, 3.63) is 46.6 Å². The number of hydrogen-bond donors (Lipinski definition) is 0. The van der Waals surface area contributed by atoms with Gasteiger partial charge in [-0.2, -0.15) is 4.98 Å². The van der Waals surface area contributed by atoms with E-state index in [-0.39, 0.29) is 6.04 Å². The van der Waals surface area contributed by atoms with E-state index in [0.29, 0.717) is 11.7 Å². The average molecular weight is 266 g/mol. The summed E-state index contributed by atoms with van der Waals surface area (Å²) in [6, 6.07) is 7.91.